The SMILES string of the molecule is N#CC1(CNc2cccc(-c3cc(N[C@H]4CC[C@H](COC(N)=O)CC4)ncc3Cl)n2)CCOCC1. The van der Waals surface area contributed by atoms with Gasteiger partial charge in [0.05, 0.1) is 28.8 Å². The number of hydrogen-bond donors (Lipinski definition) is 3. The maximum atomic E-state index is 10.8. The van der Waals surface area contributed by atoms with Crippen LogP contribution in [-0.2, 0) is 9.47 Å². The molecule has 35 heavy (non-hydrogen) atoms. The Morgan fingerprint density at radius 1 is 1.26 bits per heavy atom. The lowest BCUT2D eigenvalue weighted by Gasteiger charge is -2.30. The molecule has 1 saturated carbocycles. The molecular formula is C25H31ClN6O3. The Bertz CT molecular complexity index is 1060. The predicted octanol–water partition coefficient (Wildman–Crippen LogP) is 4.60. The van der Waals surface area contributed by atoms with Gasteiger partial charge >= 0.3 is 6.09 Å². The van der Waals surface area contributed by atoms with E-state index in [1.165, 1.54) is 0 Å². The third kappa shape index (κ3) is 6.74. The Labute approximate surface area is 210 Å². The number of rotatable bonds is 8. The highest BCUT2D eigenvalue weighted by molar-refractivity contribution is 6.33. The van der Waals surface area contributed by atoms with Crippen molar-refractivity contribution in [1.82, 2.24) is 9.97 Å². The lowest BCUT2D eigenvalue weighted by Crippen LogP contribution is -2.34. The molecule has 2 aromatic heterocycles. The van der Waals surface area contributed by atoms with Gasteiger partial charge < -0.3 is 25.8 Å². The van der Waals surface area contributed by atoms with Crippen molar-refractivity contribution < 1.29 is 14.3 Å². The molecule has 0 unspecified atom stereocenters. The molecule has 186 valence electrons. The average molecular weight is 499 g/mol. The number of hydrogen-bond acceptors (Lipinski definition) is 8. The highest BCUT2D eigenvalue weighted by atomic mass is 35.5. The number of pyridine rings is 2. The highest BCUT2D eigenvalue weighted by Gasteiger charge is 2.32. The Morgan fingerprint density at radius 3 is 2.74 bits per heavy atom. The first-order valence-electron chi connectivity index (χ1n) is 12.0. The molecule has 0 spiro atoms. The van der Waals surface area contributed by atoms with E-state index in [4.69, 9.17) is 31.8 Å². The summed E-state index contributed by atoms with van der Waals surface area (Å²) in [4.78, 5) is 20.0. The third-order valence-electron chi connectivity index (χ3n) is 6.84. The summed E-state index contributed by atoms with van der Waals surface area (Å²) in [5, 5.41) is 17.1. The third-order valence-corrected chi connectivity index (χ3v) is 7.14. The quantitative estimate of drug-likeness (QED) is 0.480. The number of carbonyl (C=O) groups is 1. The number of nitrogens with zero attached hydrogens (tertiary/aromatic N) is 3. The molecule has 2 aliphatic rings. The molecule has 1 amide bonds. The number of primary amides is 1. The summed E-state index contributed by atoms with van der Waals surface area (Å²) in [6.07, 6.45) is 6.16. The molecule has 4 N–H and O–H groups in total. The number of nitriles is 1. The fraction of sp³-hybridized carbons (Fsp3) is 0.520. The number of aromatic nitrogens is 2. The van der Waals surface area contributed by atoms with Gasteiger partial charge in [0.1, 0.15) is 11.6 Å². The molecule has 9 nitrogen and oxygen atoms in total. The van der Waals surface area contributed by atoms with Crippen molar-refractivity contribution in [1.29, 1.82) is 5.26 Å². The van der Waals surface area contributed by atoms with Gasteiger partial charge in [0.2, 0.25) is 0 Å². The van der Waals surface area contributed by atoms with Crippen LogP contribution in [0.5, 0.6) is 0 Å². The molecule has 2 aromatic rings. The summed E-state index contributed by atoms with van der Waals surface area (Å²) in [6, 6.07) is 10.4. The lowest BCUT2D eigenvalue weighted by molar-refractivity contribution is 0.0455. The maximum Gasteiger partial charge on any atom is 0.404 e. The van der Waals surface area contributed by atoms with Crippen LogP contribution in [0.15, 0.2) is 30.5 Å². The number of amides is 1. The predicted molar refractivity (Wildman–Crippen MR) is 134 cm³/mol. The molecule has 0 bridgehead atoms. The molecule has 1 aliphatic carbocycles. The van der Waals surface area contributed by atoms with Crippen LogP contribution in [0.3, 0.4) is 0 Å². The highest BCUT2D eigenvalue weighted by Crippen LogP contribution is 2.32. The van der Waals surface area contributed by atoms with Crippen LogP contribution < -0.4 is 16.4 Å². The van der Waals surface area contributed by atoms with E-state index in [1.807, 2.05) is 24.3 Å². The first-order valence-corrected chi connectivity index (χ1v) is 12.4. The van der Waals surface area contributed by atoms with Crippen molar-refractivity contribution in [3.8, 4) is 17.3 Å². The van der Waals surface area contributed by atoms with E-state index in [1.54, 1.807) is 6.20 Å². The minimum absolute atomic E-state index is 0.281. The van der Waals surface area contributed by atoms with Crippen LogP contribution in [0.2, 0.25) is 5.02 Å². The van der Waals surface area contributed by atoms with Gasteiger partial charge in [-0.3, -0.25) is 0 Å². The van der Waals surface area contributed by atoms with Gasteiger partial charge in [-0.05, 0) is 62.6 Å². The second kappa shape index (κ2) is 11.6. The normalized spacial score (nSPS) is 21.5. The molecule has 3 heterocycles. The number of halogens is 1. The molecular weight excluding hydrogens is 468 g/mol. The molecule has 10 heteroatoms. The van der Waals surface area contributed by atoms with Gasteiger partial charge in [0, 0.05) is 37.6 Å². The van der Waals surface area contributed by atoms with Crippen LogP contribution in [0.1, 0.15) is 38.5 Å². The standard InChI is InChI=1S/C25H31ClN6O3/c26-20-13-29-23(31-18-6-4-17(5-7-18)14-35-24(28)33)12-19(20)21-2-1-3-22(32-21)30-16-25(15-27)8-10-34-11-9-25/h1-3,12-13,17-18H,4-11,14,16H2,(H2,28,33)(H,29,31)(H,30,32)/t17-,18-. The van der Waals surface area contributed by atoms with E-state index in [0.29, 0.717) is 56.0 Å². The molecule has 1 saturated heterocycles. The zero-order valence-electron chi connectivity index (χ0n) is 19.6. The molecule has 1 aliphatic heterocycles. The number of nitrogens with one attached hydrogen (secondary N) is 2. The zero-order valence-corrected chi connectivity index (χ0v) is 20.4. The van der Waals surface area contributed by atoms with E-state index in [2.05, 4.69) is 21.7 Å². The minimum atomic E-state index is -0.718. The fourth-order valence-corrected chi connectivity index (χ4v) is 4.83. The first-order chi connectivity index (χ1) is 17.0. The van der Waals surface area contributed by atoms with E-state index < -0.39 is 11.5 Å². The second-order valence-electron chi connectivity index (χ2n) is 9.31. The fourth-order valence-electron chi connectivity index (χ4n) is 4.63. The maximum absolute atomic E-state index is 10.8. The van der Waals surface area contributed by atoms with Crippen molar-refractivity contribution in [2.45, 2.75) is 44.6 Å². The molecule has 0 aromatic carbocycles. The molecule has 2 fully saturated rings. The summed E-state index contributed by atoms with van der Waals surface area (Å²) in [6.45, 7) is 2.11. The van der Waals surface area contributed by atoms with Crippen LogP contribution in [0.25, 0.3) is 11.3 Å². The van der Waals surface area contributed by atoms with Crippen molar-refractivity contribution in [2.24, 2.45) is 17.1 Å². The van der Waals surface area contributed by atoms with E-state index in [-0.39, 0.29) is 6.04 Å². The van der Waals surface area contributed by atoms with Crippen LogP contribution >= 0.6 is 11.6 Å². The van der Waals surface area contributed by atoms with E-state index in [9.17, 15) is 10.1 Å². The van der Waals surface area contributed by atoms with Crippen LogP contribution in [-0.4, -0.2) is 48.5 Å². The smallest absolute Gasteiger partial charge is 0.404 e. The first kappa shape index (κ1) is 25.0. The summed E-state index contributed by atoms with van der Waals surface area (Å²) in [7, 11) is 0. The van der Waals surface area contributed by atoms with Gasteiger partial charge in [-0.25, -0.2) is 14.8 Å². The second-order valence-corrected chi connectivity index (χ2v) is 9.71. The summed E-state index contributed by atoms with van der Waals surface area (Å²) in [5.74, 6) is 1.78. The Kier molecular flexibility index (Phi) is 8.26. The number of carbonyl (C=O) groups excluding carboxylic acids is 1. The Hall–Kier alpha value is -3.09. The summed E-state index contributed by atoms with van der Waals surface area (Å²) < 4.78 is 10.4. The minimum Gasteiger partial charge on any atom is -0.449 e. The topological polar surface area (TPSA) is 135 Å². The van der Waals surface area contributed by atoms with Crippen molar-refractivity contribution in [3.05, 3.63) is 35.5 Å². The van der Waals surface area contributed by atoms with E-state index >= 15 is 0 Å². The van der Waals surface area contributed by atoms with Crippen molar-refractivity contribution in [3.63, 3.8) is 0 Å². The van der Waals surface area contributed by atoms with Gasteiger partial charge in [0.25, 0.3) is 0 Å². The van der Waals surface area contributed by atoms with Gasteiger partial charge in [0.15, 0.2) is 0 Å². The molecule has 4 rings (SSSR count). The van der Waals surface area contributed by atoms with Gasteiger partial charge in [-0.15, -0.1) is 0 Å². The molecule has 0 atom stereocenters. The van der Waals surface area contributed by atoms with Gasteiger partial charge in [-0.2, -0.15) is 5.26 Å². The lowest BCUT2D eigenvalue weighted by atomic mass is 9.82. The number of anilines is 2. The van der Waals surface area contributed by atoms with Gasteiger partial charge in [-0.1, -0.05) is 17.7 Å². The van der Waals surface area contributed by atoms with Crippen molar-refractivity contribution >= 4 is 29.3 Å². The van der Waals surface area contributed by atoms with E-state index in [0.717, 1.165) is 42.8 Å². The number of ether oxygens (including phenoxy) is 2. The Morgan fingerprint density at radius 2 is 2.03 bits per heavy atom. The Balaban J connectivity index is 1.39. The van der Waals surface area contributed by atoms with Crippen LogP contribution in [0, 0.1) is 22.7 Å². The number of nitrogens with two attached hydrogens (primary N) is 1. The summed E-state index contributed by atoms with van der Waals surface area (Å²) >= 11 is 6.49. The monoisotopic (exact) mass is 498 g/mol. The molecule has 0 radical (unpaired) electrons. The largest absolute Gasteiger partial charge is 0.449 e. The average Bonchev–Trinajstić information content (AvgIpc) is 2.89. The summed E-state index contributed by atoms with van der Waals surface area (Å²) in [5.41, 5.74) is 6.15. The van der Waals surface area contributed by atoms with Crippen LogP contribution in [0.4, 0.5) is 16.4 Å². The van der Waals surface area contributed by atoms with Crippen molar-refractivity contribution in [2.75, 3.05) is 37.0 Å². The zero-order chi connectivity index (χ0) is 24.7.